The average molecular weight is 468 g/mol. The zero-order chi connectivity index (χ0) is 23.2. The molecule has 0 unspecified atom stereocenters. The Hall–Kier alpha value is -2.44. The van der Waals surface area contributed by atoms with Crippen molar-refractivity contribution in [1.29, 1.82) is 0 Å². The van der Waals surface area contributed by atoms with Gasteiger partial charge in [0.15, 0.2) is 6.10 Å². The number of halogens is 2. The lowest BCUT2D eigenvalue weighted by atomic mass is 10.0. The van der Waals surface area contributed by atoms with Crippen LogP contribution in [0, 0.1) is 0 Å². The van der Waals surface area contributed by atoms with Crippen molar-refractivity contribution >= 4 is 35.3 Å². The van der Waals surface area contributed by atoms with E-state index in [4.69, 9.17) is 37.4 Å². The van der Waals surface area contributed by atoms with Gasteiger partial charge in [0.2, 0.25) is 0 Å². The second kappa shape index (κ2) is 10.7. The number of carbonyl (C=O) groups is 2. The minimum atomic E-state index is -0.909. The summed E-state index contributed by atoms with van der Waals surface area (Å²) in [6.45, 7) is 8.44. The molecule has 3 atom stereocenters. The zero-order valence-corrected chi connectivity index (χ0v) is 19.7. The molecule has 1 amide bonds. The van der Waals surface area contributed by atoms with Crippen LogP contribution >= 0.6 is 23.2 Å². The molecule has 6 nitrogen and oxygen atoms in total. The summed E-state index contributed by atoms with van der Waals surface area (Å²) in [5.41, 5.74) is 0.118. The van der Waals surface area contributed by atoms with Crippen LogP contribution in [0.4, 0.5) is 4.79 Å². The molecule has 0 aliphatic heterocycles. The predicted molar refractivity (Wildman–Crippen MR) is 121 cm³/mol. The van der Waals surface area contributed by atoms with E-state index in [9.17, 15) is 9.59 Å². The van der Waals surface area contributed by atoms with Gasteiger partial charge in [0.05, 0.1) is 5.02 Å². The van der Waals surface area contributed by atoms with Gasteiger partial charge in [-0.2, -0.15) is 0 Å². The van der Waals surface area contributed by atoms with Crippen LogP contribution < -0.4 is 10.1 Å². The smallest absolute Gasteiger partial charge is 0.408 e. The van der Waals surface area contributed by atoms with Crippen LogP contribution in [-0.2, 0) is 14.3 Å². The van der Waals surface area contributed by atoms with E-state index in [-0.39, 0.29) is 0 Å². The number of esters is 1. The SMILES string of the molecule is C[C@H](NC(=O)OC(C)(C)C)C(=O)O[C@@H](C)[C@@H](Oc1ccc(Cl)cc1Cl)c1ccccc1. The third-order valence-electron chi connectivity index (χ3n) is 4.09. The van der Waals surface area contributed by atoms with E-state index in [1.165, 1.54) is 6.92 Å². The van der Waals surface area contributed by atoms with Crippen molar-refractivity contribution in [3.05, 3.63) is 64.1 Å². The molecule has 2 aromatic carbocycles. The van der Waals surface area contributed by atoms with Gasteiger partial charge in [-0.3, -0.25) is 0 Å². The molecule has 1 N–H and O–H groups in total. The maximum absolute atomic E-state index is 12.6. The summed E-state index contributed by atoms with van der Waals surface area (Å²) in [5.74, 6) is -0.215. The molecule has 0 aliphatic carbocycles. The third kappa shape index (κ3) is 7.96. The predicted octanol–water partition coefficient (Wildman–Crippen LogP) is 5.96. The minimum absolute atomic E-state index is 0.340. The largest absolute Gasteiger partial charge is 0.480 e. The lowest BCUT2D eigenvalue weighted by Crippen LogP contribution is -2.43. The van der Waals surface area contributed by atoms with Gasteiger partial charge < -0.3 is 19.5 Å². The van der Waals surface area contributed by atoms with E-state index in [1.807, 2.05) is 30.3 Å². The number of rotatable bonds is 7. The summed E-state index contributed by atoms with van der Waals surface area (Å²) >= 11 is 12.2. The Labute approximate surface area is 192 Å². The molecule has 2 rings (SSSR count). The Bertz CT molecular complexity index is 899. The van der Waals surface area contributed by atoms with Gasteiger partial charge in [0, 0.05) is 5.02 Å². The lowest BCUT2D eigenvalue weighted by molar-refractivity contribution is -0.155. The fourth-order valence-corrected chi connectivity index (χ4v) is 3.13. The molecule has 0 spiro atoms. The molecule has 31 heavy (non-hydrogen) atoms. The van der Waals surface area contributed by atoms with Gasteiger partial charge in [-0.25, -0.2) is 9.59 Å². The topological polar surface area (TPSA) is 73.9 Å². The molecule has 0 aromatic heterocycles. The fraction of sp³-hybridized carbons (Fsp3) is 0.391. The maximum Gasteiger partial charge on any atom is 0.408 e. The standard InChI is InChI=1S/C23H27Cl2NO5/c1-14(26-22(28)31-23(3,4)5)21(27)29-15(2)20(16-9-7-6-8-10-16)30-19-12-11-17(24)13-18(19)25/h6-15,20H,1-5H3,(H,26,28)/t14-,15-,20+/m0/s1. The van der Waals surface area contributed by atoms with Gasteiger partial charge in [0.1, 0.15) is 23.5 Å². The first kappa shape index (κ1) is 24.8. The third-order valence-corrected chi connectivity index (χ3v) is 4.62. The first-order valence-electron chi connectivity index (χ1n) is 9.83. The number of hydrogen-bond acceptors (Lipinski definition) is 5. The highest BCUT2D eigenvalue weighted by molar-refractivity contribution is 6.35. The van der Waals surface area contributed by atoms with Crippen molar-refractivity contribution in [2.45, 2.75) is 58.5 Å². The van der Waals surface area contributed by atoms with Crippen molar-refractivity contribution in [2.24, 2.45) is 0 Å². The van der Waals surface area contributed by atoms with E-state index in [1.54, 1.807) is 45.9 Å². The summed E-state index contributed by atoms with van der Waals surface area (Å²) in [6, 6.07) is 13.3. The first-order valence-corrected chi connectivity index (χ1v) is 10.6. The molecular weight excluding hydrogens is 441 g/mol. The second-order valence-corrected chi connectivity index (χ2v) is 8.88. The number of alkyl carbamates (subject to hydrolysis) is 1. The number of hydrogen-bond donors (Lipinski definition) is 1. The van der Waals surface area contributed by atoms with Crippen LogP contribution in [0.1, 0.15) is 46.3 Å². The van der Waals surface area contributed by atoms with E-state index >= 15 is 0 Å². The number of amides is 1. The van der Waals surface area contributed by atoms with Gasteiger partial charge in [0.25, 0.3) is 0 Å². The summed E-state index contributed by atoms with van der Waals surface area (Å²) in [5, 5.41) is 3.29. The van der Waals surface area contributed by atoms with Crippen molar-refractivity contribution in [2.75, 3.05) is 0 Å². The molecule has 0 saturated carbocycles. The Morgan fingerprint density at radius 3 is 2.23 bits per heavy atom. The highest BCUT2D eigenvalue weighted by Crippen LogP contribution is 2.33. The summed E-state index contributed by atoms with van der Waals surface area (Å²) in [6.07, 6.45) is -2.03. The molecular formula is C23H27Cl2NO5. The Morgan fingerprint density at radius 1 is 1.00 bits per heavy atom. The van der Waals surface area contributed by atoms with E-state index in [0.717, 1.165) is 5.56 Å². The van der Waals surface area contributed by atoms with E-state index in [0.29, 0.717) is 15.8 Å². The Balaban J connectivity index is 2.13. The number of benzene rings is 2. The summed E-state index contributed by atoms with van der Waals surface area (Å²) < 4.78 is 16.9. The van der Waals surface area contributed by atoms with Crippen molar-refractivity contribution in [1.82, 2.24) is 5.32 Å². The first-order chi connectivity index (χ1) is 14.5. The van der Waals surface area contributed by atoms with E-state index in [2.05, 4.69) is 5.32 Å². The average Bonchev–Trinajstić information content (AvgIpc) is 2.66. The molecule has 0 saturated heterocycles. The van der Waals surface area contributed by atoms with Crippen LogP contribution in [-0.4, -0.2) is 29.8 Å². The van der Waals surface area contributed by atoms with Gasteiger partial charge >= 0.3 is 12.1 Å². The number of nitrogens with one attached hydrogen (secondary N) is 1. The van der Waals surface area contributed by atoms with Crippen LogP contribution in [0.3, 0.4) is 0 Å². The van der Waals surface area contributed by atoms with E-state index < -0.39 is 35.9 Å². The zero-order valence-electron chi connectivity index (χ0n) is 18.1. The number of ether oxygens (including phenoxy) is 3. The second-order valence-electron chi connectivity index (χ2n) is 8.03. The lowest BCUT2D eigenvalue weighted by Gasteiger charge is -2.27. The molecule has 0 heterocycles. The summed E-state index contributed by atoms with van der Waals surface area (Å²) in [7, 11) is 0. The molecule has 0 fully saturated rings. The normalized spacial score (nSPS) is 14.2. The Kier molecular flexibility index (Phi) is 8.60. The summed E-state index contributed by atoms with van der Waals surface area (Å²) in [4.78, 5) is 24.5. The minimum Gasteiger partial charge on any atom is -0.480 e. The molecule has 0 radical (unpaired) electrons. The van der Waals surface area contributed by atoms with Crippen molar-refractivity contribution in [3.63, 3.8) is 0 Å². The van der Waals surface area contributed by atoms with Gasteiger partial charge in [-0.05, 0) is 58.4 Å². The maximum atomic E-state index is 12.6. The molecule has 8 heteroatoms. The molecule has 168 valence electrons. The van der Waals surface area contributed by atoms with Crippen LogP contribution in [0.15, 0.2) is 48.5 Å². The van der Waals surface area contributed by atoms with Crippen LogP contribution in [0.25, 0.3) is 0 Å². The number of carbonyl (C=O) groups excluding carboxylic acids is 2. The molecule has 0 aliphatic rings. The van der Waals surface area contributed by atoms with Crippen LogP contribution in [0.5, 0.6) is 5.75 Å². The monoisotopic (exact) mass is 467 g/mol. The van der Waals surface area contributed by atoms with Gasteiger partial charge in [-0.15, -0.1) is 0 Å². The molecule has 0 bridgehead atoms. The quantitative estimate of drug-likeness (QED) is 0.508. The molecule has 2 aromatic rings. The van der Waals surface area contributed by atoms with Gasteiger partial charge in [-0.1, -0.05) is 53.5 Å². The van der Waals surface area contributed by atoms with Crippen molar-refractivity contribution < 1.29 is 23.8 Å². The highest BCUT2D eigenvalue weighted by Gasteiger charge is 2.29. The fourth-order valence-electron chi connectivity index (χ4n) is 2.68. The van der Waals surface area contributed by atoms with Crippen LogP contribution in [0.2, 0.25) is 10.0 Å². The van der Waals surface area contributed by atoms with Crippen molar-refractivity contribution in [3.8, 4) is 5.75 Å². The Morgan fingerprint density at radius 2 is 1.65 bits per heavy atom. The highest BCUT2D eigenvalue weighted by atomic mass is 35.5.